The summed E-state index contributed by atoms with van der Waals surface area (Å²) >= 11 is 0. The van der Waals surface area contributed by atoms with Crippen molar-refractivity contribution in [2.75, 3.05) is 26.3 Å². The van der Waals surface area contributed by atoms with Crippen LogP contribution in [0, 0.1) is 0 Å². The fourth-order valence-electron chi connectivity index (χ4n) is 2.37. The third-order valence-corrected chi connectivity index (χ3v) is 3.43. The molecule has 3 rings (SSSR count). The third-order valence-electron chi connectivity index (χ3n) is 3.43. The van der Waals surface area contributed by atoms with E-state index < -0.39 is 0 Å². The van der Waals surface area contributed by atoms with Gasteiger partial charge in [0.15, 0.2) is 0 Å². The van der Waals surface area contributed by atoms with Crippen LogP contribution < -0.4 is 0 Å². The fourth-order valence-corrected chi connectivity index (χ4v) is 2.37. The Morgan fingerprint density at radius 1 is 1.10 bits per heavy atom. The van der Waals surface area contributed by atoms with Crippen molar-refractivity contribution in [3.63, 3.8) is 0 Å². The number of nitrogens with zero attached hydrogens (tertiary/aromatic N) is 2. The van der Waals surface area contributed by atoms with Gasteiger partial charge in [0.25, 0.3) is 5.91 Å². The SMILES string of the molecule is O=C(c1ccncc1-c1ccccc1)N1CCOCC1. The number of carbonyl (C=O) groups is 1. The summed E-state index contributed by atoms with van der Waals surface area (Å²) in [5, 5.41) is 0. The maximum Gasteiger partial charge on any atom is 0.254 e. The van der Waals surface area contributed by atoms with Crippen LogP contribution in [0.5, 0.6) is 0 Å². The minimum atomic E-state index is 0.0505. The topological polar surface area (TPSA) is 42.4 Å². The second-order valence-corrected chi connectivity index (χ2v) is 4.69. The molecule has 1 amide bonds. The highest BCUT2D eigenvalue weighted by molar-refractivity contribution is 6.00. The molecule has 0 radical (unpaired) electrons. The van der Waals surface area contributed by atoms with Crippen molar-refractivity contribution in [2.24, 2.45) is 0 Å². The first-order valence-corrected chi connectivity index (χ1v) is 6.73. The second kappa shape index (κ2) is 5.84. The number of hydrogen-bond donors (Lipinski definition) is 0. The average molecular weight is 268 g/mol. The van der Waals surface area contributed by atoms with Gasteiger partial charge in [-0.15, -0.1) is 0 Å². The number of benzene rings is 1. The number of aromatic nitrogens is 1. The summed E-state index contributed by atoms with van der Waals surface area (Å²) in [5.41, 5.74) is 2.59. The molecular weight excluding hydrogens is 252 g/mol. The number of amides is 1. The van der Waals surface area contributed by atoms with Crippen molar-refractivity contribution in [3.8, 4) is 11.1 Å². The lowest BCUT2D eigenvalue weighted by Crippen LogP contribution is -2.40. The van der Waals surface area contributed by atoms with E-state index >= 15 is 0 Å². The Bertz CT molecular complexity index is 592. The average Bonchev–Trinajstić information content (AvgIpc) is 2.56. The van der Waals surface area contributed by atoms with E-state index in [2.05, 4.69) is 4.98 Å². The molecule has 1 aliphatic rings. The zero-order valence-electron chi connectivity index (χ0n) is 11.2. The van der Waals surface area contributed by atoms with Crippen LogP contribution in [0.4, 0.5) is 0 Å². The molecule has 2 aromatic rings. The van der Waals surface area contributed by atoms with Gasteiger partial charge in [-0.3, -0.25) is 9.78 Å². The maximum absolute atomic E-state index is 12.6. The first-order valence-electron chi connectivity index (χ1n) is 6.73. The molecule has 0 unspecified atom stereocenters. The van der Waals surface area contributed by atoms with Crippen molar-refractivity contribution < 1.29 is 9.53 Å². The van der Waals surface area contributed by atoms with Crippen LogP contribution in [-0.4, -0.2) is 42.1 Å². The number of carbonyl (C=O) groups excluding carboxylic acids is 1. The quantitative estimate of drug-likeness (QED) is 0.838. The van der Waals surface area contributed by atoms with E-state index in [0.29, 0.717) is 31.9 Å². The van der Waals surface area contributed by atoms with Gasteiger partial charge in [-0.05, 0) is 11.6 Å². The monoisotopic (exact) mass is 268 g/mol. The van der Waals surface area contributed by atoms with Crippen LogP contribution in [0.1, 0.15) is 10.4 Å². The molecule has 0 N–H and O–H groups in total. The first kappa shape index (κ1) is 12.8. The minimum Gasteiger partial charge on any atom is -0.378 e. The van der Waals surface area contributed by atoms with Crippen molar-refractivity contribution in [1.29, 1.82) is 0 Å². The van der Waals surface area contributed by atoms with Gasteiger partial charge in [0, 0.05) is 31.0 Å². The summed E-state index contributed by atoms with van der Waals surface area (Å²) in [4.78, 5) is 18.6. The predicted molar refractivity (Wildman–Crippen MR) is 76.4 cm³/mol. The standard InChI is InChI=1S/C16H16N2O2/c19-16(18-8-10-20-11-9-18)14-6-7-17-12-15(14)13-4-2-1-3-5-13/h1-7,12H,8-11H2. The molecule has 4 heteroatoms. The van der Waals surface area contributed by atoms with Gasteiger partial charge in [0.1, 0.15) is 0 Å². The number of rotatable bonds is 2. The molecule has 0 aliphatic carbocycles. The summed E-state index contributed by atoms with van der Waals surface area (Å²) in [6, 6.07) is 11.7. The Morgan fingerprint density at radius 2 is 1.85 bits per heavy atom. The van der Waals surface area contributed by atoms with Crippen molar-refractivity contribution >= 4 is 5.91 Å². The van der Waals surface area contributed by atoms with Crippen molar-refractivity contribution in [2.45, 2.75) is 0 Å². The van der Waals surface area contributed by atoms with Gasteiger partial charge in [0.2, 0.25) is 0 Å². The van der Waals surface area contributed by atoms with E-state index in [9.17, 15) is 4.79 Å². The Morgan fingerprint density at radius 3 is 2.60 bits per heavy atom. The lowest BCUT2D eigenvalue weighted by molar-refractivity contribution is 0.0303. The zero-order valence-corrected chi connectivity index (χ0v) is 11.2. The summed E-state index contributed by atoms with van der Waals surface area (Å²) < 4.78 is 5.29. The molecule has 102 valence electrons. The molecule has 1 aliphatic heterocycles. The summed E-state index contributed by atoms with van der Waals surface area (Å²) in [7, 11) is 0. The summed E-state index contributed by atoms with van der Waals surface area (Å²) in [5.74, 6) is 0.0505. The predicted octanol–water partition coefficient (Wildman–Crippen LogP) is 2.22. The second-order valence-electron chi connectivity index (χ2n) is 4.69. The molecular formula is C16H16N2O2. The lowest BCUT2D eigenvalue weighted by atomic mass is 10.0. The summed E-state index contributed by atoms with van der Waals surface area (Å²) in [6.07, 6.45) is 3.42. The van der Waals surface area contributed by atoms with Gasteiger partial charge < -0.3 is 9.64 Å². The van der Waals surface area contributed by atoms with E-state index in [0.717, 1.165) is 11.1 Å². The molecule has 1 saturated heterocycles. The first-order chi connectivity index (χ1) is 9.86. The van der Waals surface area contributed by atoms with E-state index in [4.69, 9.17) is 4.74 Å². The molecule has 0 spiro atoms. The van der Waals surface area contributed by atoms with Crippen LogP contribution >= 0.6 is 0 Å². The van der Waals surface area contributed by atoms with Gasteiger partial charge in [-0.25, -0.2) is 0 Å². The normalized spacial score (nSPS) is 15.1. The van der Waals surface area contributed by atoms with Crippen LogP contribution in [0.25, 0.3) is 11.1 Å². The van der Waals surface area contributed by atoms with Crippen LogP contribution in [0.2, 0.25) is 0 Å². The molecule has 1 aromatic carbocycles. The van der Waals surface area contributed by atoms with E-state index in [1.54, 1.807) is 18.5 Å². The van der Waals surface area contributed by atoms with Gasteiger partial charge in [0.05, 0.1) is 18.8 Å². The third kappa shape index (κ3) is 2.56. The zero-order chi connectivity index (χ0) is 13.8. The minimum absolute atomic E-state index is 0.0505. The van der Waals surface area contributed by atoms with E-state index in [1.807, 2.05) is 35.2 Å². The summed E-state index contributed by atoms with van der Waals surface area (Å²) in [6.45, 7) is 2.51. The molecule has 20 heavy (non-hydrogen) atoms. The molecule has 0 saturated carbocycles. The van der Waals surface area contributed by atoms with E-state index in [1.165, 1.54) is 0 Å². The van der Waals surface area contributed by atoms with Crippen LogP contribution in [0.3, 0.4) is 0 Å². The Balaban J connectivity index is 1.95. The van der Waals surface area contributed by atoms with Gasteiger partial charge in [-0.1, -0.05) is 30.3 Å². The Labute approximate surface area is 118 Å². The van der Waals surface area contributed by atoms with Gasteiger partial charge in [-0.2, -0.15) is 0 Å². The highest BCUT2D eigenvalue weighted by Gasteiger charge is 2.21. The smallest absolute Gasteiger partial charge is 0.254 e. The van der Waals surface area contributed by atoms with Gasteiger partial charge >= 0.3 is 0 Å². The Hall–Kier alpha value is -2.20. The molecule has 0 bridgehead atoms. The molecule has 4 nitrogen and oxygen atoms in total. The Kier molecular flexibility index (Phi) is 3.74. The highest BCUT2D eigenvalue weighted by Crippen LogP contribution is 2.23. The van der Waals surface area contributed by atoms with Crippen molar-refractivity contribution in [1.82, 2.24) is 9.88 Å². The number of pyridine rings is 1. The maximum atomic E-state index is 12.6. The molecule has 1 fully saturated rings. The molecule has 0 atom stereocenters. The lowest BCUT2D eigenvalue weighted by Gasteiger charge is -2.27. The molecule has 1 aromatic heterocycles. The van der Waals surface area contributed by atoms with Crippen LogP contribution in [0.15, 0.2) is 48.8 Å². The number of morpholine rings is 1. The molecule has 2 heterocycles. The number of ether oxygens (including phenoxy) is 1. The number of hydrogen-bond acceptors (Lipinski definition) is 3. The van der Waals surface area contributed by atoms with Crippen LogP contribution in [-0.2, 0) is 4.74 Å². The highest BCUT2D eigenvalue weighted by atomic mass is 16.5. The fraction of sp³-hybridized carbons (Fsp3) is 0.250. The largest absolute Gasteiger partial charge is 0.378 e. The van der Waals surface area contributed by atoms with Crippen molar-refractivity contribution in [3.05, 3.63) is 54.4 Å². The van der Waals surface area contributed by atoms with E-state index in [-0.39, 0.29) is 5.91 Å².